The van der Waals surface area contributed by atoms with Crippen molar-refractivity contribution < 1.29 is 17.9 Å². The van der Waals surface area contributed by atoms with E-state index in [1.165, 1.54) is 6.20 Å². The topological polar surface area (TPSA) is 59.9 Å². The van der Waals surface area contributed by atoms with E-state index in [2.05, 4.69) is 20.3 Å². The molecule has 0 saturated heterocycles. The number of hydrogen-bond acceptors (Lipinski definition) is 5. The Morgan fingerprint density at radius 1 is 1.00 bits per heavy atom. The second kappa shape index (κ2) is 7.22. The van der Waals surface area contributed by atoms with Gasteiger partial charge in [-0.2, -0.15) is 18.2 Å². The first kappa shape index (κ1) is 18.6. The Balaban J connectivity index is 2.17. The number of methoxy groups -OCH3 is 1. The zero-order valence-corrected chi connectivity index (χ0v) is 14.9. The molecule has 8 heteroatoms. The summed E-state index contributed by atoms with van der Waals surface area (Å²) in [5.41, 5.74) is 1.73. The Morgan fingerprint density at radius 2 is 1.78 bits per heavy atom. The third-order valence-corrected chi connectivity index (χ3v) is 4.02. The Bertz CT molecular complexity index is 959. The number of nitrogens with zero attached hydrogens (tertiary/aromatic N) is 3. The molecule has 0 bridgehead atoms. The largest absolute Gasteiger partial charge is 0.480 e. The van der Waals surface area contributed by atoms with Crippen LogP contribution >= 0.6 is 0 Å². The van der Waals surface area contributed by atoms with Crippen LogP contribution in [0.25, 0.3) is 11.5 Å². The van der Waals surface area contributed by atoms with E-state index < -0.39 is 23.4 Å². The average Bonchev–Trinajstić information content (AvgIpc) is 2.64. The summed E-state index contributed by atoms with van der Waals surface area (Å²) in [6.07, 6.45) is -3.19. The summed E-state index contributed by atoms with van der Waals surface area (Å²) in [5.74, 6) is -0.922. The van der Waals surface area contributed by atoms with E-state index in [1.807, 2.05) is 19.9 Å². The Kier molecular flexibility index (Phi) is 4.98. The molecule has 0 aliphatic carbocycles. The molecular weight excluding hydrogens is 357 g/mol. The van der Waals surface area contributed by atoms with Gasteiger partial charge < -0.3 is 10.1 Å². The van der Waals surface area contributed by atoms with Crippen molar-refractivity contribution in [3.63, 3.8) is 0 Å². The minimum Gasteiger partial charge on any atom is -0.480 e. The summed E-state index contributed by atoms with van der Waals surface area (Å²) in [6, 6.07) is 10.3. The summed E-state index contributed by atoms with van der Waals surface area (Å²) in [4.78, 5) is 12.1. The molecule has 27 heavy (non-hydrogen) atoms. The predicted octanol–water partition coefficient (Wildman–Crippen LogP) is 4.93. The summed E-state index contributed by atoms with van der Waals surface area (Å²) in [5, 5.41) is 2.75. The zero-order valence-electron chi connectivity index (χ0n) is 14.9. The number of ether oxygens (including phenoxy) is 1. The van der Waals surface area contributed by atoms with Crippen molar-refractivity contribution in [1.29, 1.82) is 0 Å². The first-order valence-corrected chi connectivity index (χ1v) is 8.08. The highest BCUT2D eigenvalue weighted by Gasteiger charge is 2.40. The highest BCUT2D eigenvalue weighted by atomic mass is 19.4. The van der Waals surface area contributed by atoms with E-state index in [0.29, 0.717) is 11.4 Å². The van der Waals surface area contributed by atoms with Gasteiger partial charge in [0.05, 0.1) is 7.11 Å². The van der Waals surface area contributed by atoms with Gasteiger partial charge in [0.25, 0.3) is 0 Å². The van der Waals surface area contributed by atoms with Crippen LogP contribution in [-0.4, -0.2) is 22.1 Å². The molecule has 0 radical (unpaired) electrons. The van der Waals surface area contributed by atoms with Gasteiger partial charge in [-0.1, -0.05) is 12.1 Å². The molecule has 1 aromatic carbocycles. The summed E-state index contributed by atoms with van der Waals surface area (Å²) in [6.45, 7) is 3.80. The van der Waals surface area contributed by atoms with Gasteiger partial charge in [0, 0.05) is 11.9 Å². The molecule has 0 unspecified atom stereocenters. The van der Waals surface area contributed by atoms with Crippen LogP contribution in [-0.2, 0) is 6.18 Å². The van der Waals surface area contributed by atoms with Crippen LogP contribution in [0.1, 0.15) is 16.7 Å². The number of aromatic nitrogens is 3. The van der Waals surface area contributed by atoms with Crippen LogP contribution < -0.4 is 10.1 Å². The number of aryl methyl sites for hydroxylation is 2. The summed E-state index contributed by atoms with van der Waals surface area (Å²) >= 11 is 0. The molecular formula is C19H17F3N4O. The molecule has 0 aliphatic rings. The van der Waals surface area contributed by atoms with Crippen molar-refractivity contribution in [3.05, 3.63) is 59.3 Å². The number of benzene rings is 1. The van der Waals surface area contributed by atoms with Crippen molar-refractivity contribution in [1.82, 2.24) is 15.0 Å². The number of nitrogens with one attached hydrogen (secondary N) is 1. The standard InChI is InChI=1S/C19H17F3N4O/c1-11-7-8-13(10-12(11)2)24-17-15(19(20,21)22)18(27-3)26-16(25-17)14-6-4-5-9-23-14/h4-10H,1-3H3,(H,24,25,26). The Hall–Kier alpha value is -3.16. The molecule has 0 saturated carbocycles. The van der Waals surface area contributed by atoms with E-state index in [0.717, 1.165) is 18.2 Å². The molecule has 0 spiro atoms. The number of halogens is 3. The molecule has 0 amide bonds. The minimum absolute atomic E-state index is 0.0341. The maximum Gasteiger partial charge on any atom is 0.425 e. The second-order valence-corrected chi connectivity index (χ2v) is 5.92. The maximum absolute atomic E-state index is 13.7. The average molecular weight is 374 g/mol. The lowest BCUT2D eigenvalue weighted by Crippen LogP contribution is -2.15. The number of hydrogen-bond donors (Lipinski definition) is 1. The fourth-order valence-corrected chi connectivity index (χ4v) is 2.50. The molecule has 2 aromatic heterocycles. The van der Waals surface area contributed by atoms with Gasteiger partial charge in [-0.3, -0.25) is 4.98 Å². The molecule has 5 nitrogen and oxygen atoms in total. The molecule has 0 aliphatic heterocycles. The minimum atomic E-state index is -4.70. The van der Waals surface area contributed by atoms with E-state index in [-0.39, 0.29) is 5.82 Å². The van der Waals surface area contributed by atoms with Crippen LogP contribution in [0.5, 0.6) is 5.88 Å². The number of anilines is 2. The highest BCUT2D eigenvalue weighted by molar-refractivity contribution is 5.66. The van der Waals surface area contributed by atoms with Crippen LogP contribution in [0, 0.1) is 13.8 Å². The third-order valence-electron chi connectivity index (χ3n) is 4.02. The first-order chi connectivity index (χ1) is 12.8. The number of rotatable bonds is 4. The van der Waals surface area contributed by atoms with Gasteiger partial charge in [-0.25, -0.2) is 4.98 Å². The second-order valence-electron chi connectivity index (χ2n) is 5.92. The molecule has 1 N–H and O–H groups in total. The Morgan fingerprint density at radius 3 is 2.37 bits per heavy atom. The molecule has 3 rings (SSSR count). The van der Waals surface area contributed by atoms with Gasteiger partial charge in [-0.15, -0.1) is 0 Å². The van der Waals surface area contributed by atoms with Crippen LogP contribution in [0.3, 0.4) is 0 Å². The molecule has 2 heterocycles. The van der Waals surface area contributed by atoms with Gasteiger partial charge in [0.1, 0.15) is 5.69 Å². The lowest BCUT2D eigenvalue weighted by atomic mass is 10.1. The van der Waals surface area contributed by atoms with Gasteiger partial charge in [-0.05, 0) is 49.2 Å². The zero-order chi connectivity index (χ0) is 19.6. The Labute approximate surface area is 154 Å². The summed E-state index contributed by atoms with van der Waals surface area (Å²) in [7, 11) is 1.14. The normalized spacial score (nSPS) is 11.3. The van der Waals surface area contributed by atoms with Crippen molar-refractivity contribution in [2.24, 2.45) is 0 Å². The lowest BCUT2D eigenvalue weighted by molar-refractivity contribution is -0.138. The van der Waals surface area contributed by atoms with Crippen molar-refractivity contribution >= 4 is 11.5 Å². The van der Waals surface area contributed by atoms with Gasteiger partial charge in [0.2, 0.25) is 5.88 Å². The number of pyridine rings is 1. The number of alkyl halides is 3. The van der Waals surface area contributed by atoms with E-state index in [9.17, 15) is 13.2 Å². The molecule has 3 aromatic rings. The summed E-state index contributed by atoms with van der Waals surface area (Å²) < 4.78 is 45.9. The van der Waals surface area contributed by atoms with Crippen molar-refractivity contribution in [3.8, 4) is 17.4 Å². The van der Waals surface area contributed by atoms with Crippen molar-refractivity contribution in [2.75, 3.05) is 12.4 Å². The fourth-order valence-electron chi connectivity index (χ4n) is 2.50. The quantitative estimate of drug-likeness (QED) is 0.702. The predicted molar refractivity (Wildman–Crippen MR) is 96.0 cm³/mol. The van der Waals surface area contributed by atoms with E-state index in [1.54, 1.807) is 30.3 Å². The SMILES string of the molecule is COc1nc(-c2ccccn2)nc(Nc2ccc(C)c(C)c2)c1C(F)(F)F. The van der Waals surface area contributed by atoms with Gasteiger partial charge in [0.15, 0.2) is 17.2 Å². The van der Waals surface area contributed by atoms with Crippen molar-refractivity contribution in [2.45, 2.75) is 20.0 Å². The van der Waals surface area contributed by atoms with Gasteiger partial charge >= 0.3 is 6.18 Å². The van der Waals surface area contributed by atoms with Crippen LogP contribution in [0.2, 0.25) is 0 Å². The third kappa shape index (κ3) is 3.99. The highest BCUT2D eigenvalue weighted by Crippen LogP contribution is 2.41. The molecule has 0 atom stereocenters. The van der Waals surface area contributed by atoms with Crippen LogP contribution in [0.4, 0.5) is 24.7 Å². The maximum atomic E-state index is 13.7. The monoisotopic (exact) mass is 374 g/mol. The fraction of sp³-hybridized carbons (Fsp3) is 0.211. The first-order valence-electron chi connectivity index (χ1n) is 8.08. The smallest absolute Gasteiger partial charge is 0.425 e. The van der Waals surface area contributed by atoms with E-state index in [4.69, 9.17) is 4.74 Å². The molecule has 140 valence electrons. The van der Waals surface area contributed by atoms with E-state index >= 15 is 0 Å². The lowest BCUT2D eigenvalue weighted by Gasteiger charge is -2.17. The van der Waals surface area contributed by atoms with Crippen LogP contribution in [0.15, 0.2) is 42.6 Å². The molecule has 0 fully saturated rings.